The third-order valence-corrected chi connectivity index (χ3v) is 7.44. The molecular weight excluding hydrogens is 516 g/mol. The summed E-state index contributed by atoms with van der Waals surface area (Å²) in [5.74, 6) is -0.367. The Morgan fingerprint density at radius 2 is 1.07 bits per heavy atom. The van der Waals surface area contributed by atoms with Crippen LogP contribution in [0.15, 0.2) is 12.1 Å². The van der Waals surface area contributed by atoms with E-state index >= 15 is 0 Å². The van der Waals surface area contributed by atoms with Crippen LogP contribution in [0.4, 0.5) is 0 Å². The Hall–Kier alpha value is -2.04. The van der Waals surface area contributed by atoms with Gasteiger partial charge in [-0.15, -0.1) is 0 Å². The summed E-state index contributed by atoms with van der Waals surface area (Å²) in [5, 5.41) is 8.67. The number of aliphatic hydroxyl groups excluding tert-OH is 1. The largest absolute Gasteiger partial charge is 0.469 e. The number of aliphatic hydroxyl groups is 1. The van der Waals surface area contributed by atoms with Crippen molar-refractivity contribution in [2.24, 2.45) is 0 Å². The predicted octanol–water partition coefficient (Wildman–Crippen LogP) is 5.60. The van der Waals surface area contributed by atoms with E-state index in [1.54, 1.807) is 0 Å². The highest BCUT2D eigenvalue weighted by Crippen LogP contribution is 2.28. The number of carbonyl (C=O) groups is 2. The molecule has 0 saturated heterocycles. The second-order valence-electron chi connectivity index (χ2n) is 10.6. The Morgan fingerprint density at radius 3 is 1.50 bits per heavy atom. The van der Waals surface area contributed by atoms with E-state index < -0.39 is 0 Å². The molecule has 9 nitrogen and oxygen atoms in total. The van der Waals surface area contributed by atoms with Gasteiger partial charge in [0, 0.05) is 12.8 Å². The normalized spacial score (nSPS) is 16.1. The molecule has 40 heavy (non-hydrogen) atoms. The third-order valence-electron chi connectivity index (χ3n) is 7.44. The van der Waals surface area contributed by atoms with Gasteiger partial charge in [-0.05, 0) is 60.8 Å². The molecule has 0 aromatic heterocycles. The highest BCUT2D eigenvalue weighted by Gasteiger charge is 2.22. The van der Waals surface area contributed by atoms with Gasteiger partial charge in [0.15, 0.2) is 12.6 Å². The molecule has 1 aromatic rings. The molecule has 3 rings (SSSR count). The first-order valence-corrected chi connectivity index (χ1v) is 15.0. The molecular formula is C31H48O9. The molecule has 0 spiro atoms. The molecule has 0 unspecified atom stereocenters. The summed E-state index contributed by atoms with van der Waals surface area (Å²) in [6.45, 7) is 2.09. The average molecular weight is 565 g/mol. The lowest BCUT2D eigenvalue weighted by Gasteiger charge is -2.15. The predicted molar refractivity (Wildman–Crippen MR) is 148 cm³/mol. The molecule has 226 valence electrons. The van der Waals surface area contributed by atoms with Gasteiger partial charge in [0.2, 0.25) is 0 Å². The van der Waals surface area contributed by atoms with E-state index in [4.69, 9.17) is 28.8 Å². The maximum Gasteiger partial charge on any atom is 0.305 e. The standard InChI is InChI=1S/C31H48O9/c1-35-28(33)12-8-4-2-6-10-14-30-37-20-24-18-26-22-39-31(40-23-27(26)19-25(24)21-38-30)15-11-7-3-5-9-13-29(34)36-17-16-32/h18-19,30-32H,2-17,20-23H2,1H3. The van der Waals surface area contributed by atoms with E-state index in [-0.39, 0.29) is 37.7 Å². The van der Waals surface area contributed by atoms with E-state index in [9.17, 15) is 9.59 Å². The number of fused-ring (bicyclic) bond motifs is 2. The maximum absolute atomic E-state index is 11.4. The van der Waals surface area contributed by atoms with Crippen LogP contribution in [0.5, 0.6) is 0 Å². The highest BCUT2D eigenvalue weighted by atomic mass is 16.7. The number of methoxy groups -OCH3 is 1. The molecule has 1 aromatic carbocycles. The van der Waals surface area contributed by atoms with Gasteiger partial charge in [0.05, 0.1) is 40.1 Å². The van der Waals surface area contributed by atoms with Crippen molar-refractivity contribution < 1.29 is 43.1 Å². The number of ether oxygens (including phenoxy) is 6. The minimum Gasteiger partial charge on any atom is -0.469 e. The van der Waals surface area contributed by atoms with E-state index in [1.807, 2.05) is 0 Å². The van der Waals surface area contributed by atoms with Gasteiger partial charge in [-0.2, -0.15) is 0 Å². The lowest BCUT2D eigenvalue weighted by atomic mass is 9.99. The van der Waals surface area contributed by atoms with E-state index in [0.29, 0.717) is 39.3 Å². The Kier molecular flexibility index (Phi) is 15.5. The third kappa shape index (κ3) is 12.2. The monoisotopic (exact) mass is 564 g/mol. The number of hydrogen-bond donors (Lipinski definition) is 1. The fraction of sp³-hybridized carbons (Fsp3) is 0.742. The first-order chi connectivity index (χ1) is 19.6. The van der Waals surface area contributed by atoms with E-state index in [0.717, 1.165) is 99.3 Å². The van der Waals surface area contributed by atoms with Crippen LogP contribution in [0.1, 0.15) is 112 Å². The highest BCUT2D eigenvalue weighted by molar-refractivity contribution is 5.69. The summed E-state index contributed by atoms with van der Waals surface area (Å²) >= 11 is 0. The Labute approximate surface area is 238 Å². The quantitative estimate of drug-likeness (QED) is 0.180. The van der Waals surface area contributed by atoms with Crippen molar-refractivity contribution in [2.45, 2.75) is 129 Å². The van der Waals surface area contributed by atoms with Crippen molar-refractivity contribution in [3.63, 3.8) is 0 Å². The summed E-state index contributed by atoms with van der Waals surface area (Å²) in [7, 11) is 1.43. The fourth-order valence-electron chi connectivity index (χ4n) is 5.04. The van der Waals surface area contributed by atoms with Crippen molar-refractivity contribution in [1.82, 2.24) is 0 Å². The molecule has 2 aliphatic heterocycles. The summed E-state index contributed by atoms with van der Waals surface area (Å²) in [6.07, 6.45) is 12.3. The molecule has 2 heterocycles. The van der Waals surface area contributed by atoms with E-state index in [1.165, 1.54) is 7.11 Å². The number of carbonyl (C=O) groups excluding carboxylic acids is 2. The zero-order chi connectivity index (χ0) is 28.4. The van der Waals surface area contributed by atoms with Crippen LogP contribution in [0.3, 0.4) is 0 Å². The average Bonchev–Trinajstić information content (AvgIpc) is 3.29. The number of rotatable bonds is 18. The fourth-order valence-corrected chi connectivity index (χ4v) is 5.04. The molecule has 0 amide bonds. The number of unbranched alkanes of at least 4 members (excludes halogenated alkanes) is 8. The van der Waals surface area contributed by atoms with Crippen LogP contribution in [0, 0.1) is 0 Å². The summed E-state index contributed by atoms with van der Waals surface area (Å²) < 4.78 is 33.9. The van der Waals surface area contributed by atoms with Crippen LogP contribution < -0.4 is 0 Å². The molecule has 0 bridgehead atoms. The molecule has 9 heteroatoms. The van der Waals surface area contributed by atoms with Crippen LogP contribution in [0.25, 0.3) is 0 Å². The van der Waals surface area contributed by atoms with Gasteiger partial charge in [0.25, 0.3) is 0 Å². The van der Waals surface area contributed by atoms with Crippen LogP contribution in [-0.2, 0) is 64.4 Å². The zero-order valence-electron chi connectivity index (χ0n) is 24.2. The molecule has 0 atom stereocenters. The van der Waals surface area contributed by atoms with Gasteiger partial charge < -0.3 is 33.5 Å². The summed E-state index contributed by atoms with van der Waals surface area (Å²) in [4.78, 5) is 22.6. The smallest absolute Gasteiger partial charge is 0.305 e. The van der Waals surface area contributed by atoms with Crippen LogP contribution in [0.2, 0.25) is 0 Å². The van der Waals surface area contributed by atoms with Crippen molar-refractivity contribution in [3.8, 4) is 0 Å². The lowest BCUT2D eigenvalue weighted by Crippen LogP contribution is -2.14. The molecule has 0 fully saturated rings. The second-order valence-corrected chi connectivity index (χ2v) is 10.6. The first-order valence-electron chi connectivity index (χ1n) is 15.0. The van der Waals surface area contributed by atoms with Gasteiger partial charge in [0.1, 0.15) is 6.61 Å². The molecule has 0 aliphatic carbocycles. The summed E-state index contributed by atoms with van der Waals surface area (Å²) in [6, 6.07) is 4.38. The lowest BCUT2D eigenvalue weighted by molar-refractivity contribution is -0.153. The minimum atomic E-state index is -0.235. The van der Waals surface area contributed by atoms with Gasteiger partial charge >= 0.3 is 11.9 Å². The van der Waals surface area contributed by atoms with E-state index in [2.05, 4.69) is 16.9 Å². The van der Waals surface area contributed by atoms with Crippen molar-refractivity contribution in [3.05, 3.63) is 34.4 Å². The van der Waals surface area contributed by atoms with Crippen molar-refractivity contribution in [2.75, 3.05) is 20.3 Å². The van der Waals surface area contributed by atoms with Crippen molar-refractivity contribution >= 4 is 11.9 Å². The molecule has 0 radical (unpaired) electrons. The Bertz CT molecular complexity index is 849. The van der Waals surface area contributed by atoms with Gasteiger partial charge in [-0.25, -0.2) is 0 Å². The summed E-state index contributed by atoms with van der Waals surface area (Å²) in [5.41, 5.74) is 4.63. The first kappa shape index (κ1) is 32.5. The number of benzene rings is 1. The number of esters is 2. The zero-order valence-corrected chi connectivity index (χ0v) is 24.2. The van der Waals surface area contributed by atoms with Gasteiger partial charge in [-0.1, -0.05) is 50.7 Å². The molecule has 2 aliphatic rings. The number of hydrogen-bond acceptors (Lipinski definition) is 9. The van der Waals surface area contributed by atoms with Gasteiger partial charge in [-0.3, -0.25) is 9.59 Å². The van der Waals surface area contributed by atoms with Crippen LogP contribution >= 0.6 is 0 Å². The minimum absolute atomic E-state index is 0.0816. The molecule has 0 saturated carbocycles. The maximum atomic E-state index is 11.4. The molecule has 1 N–H and O–H groups in total. The Morgan fingerprint density at radius 1 is 0.675 bits per heavy atom. The van der Waals surface area contributed by atoms with Crippen molar-refractivity contribution in [1.29, 1.82) is 0 Å². The Balaban J connectivity index is 1.29. The topological polar surface area (TPSA) is 110 Å². The SMILES string of the molecule is COC(=O)CCCCCCCC1OCc2cc3c(cc2CO1)COC(CCCCCCCC(=O)OCCO)OC3. The second kappa shape index (κ2) is 19.1. The van der Waals surface area contributed by atoms with Crippen LogP contribution in [-0.4, -0.2) is 49.9 Å².